The summed E-state index contributed by atoms with van der Waals surface area (Å²) in [6.07, 6.45) is 9.21. The molecule has 1 fully saturated rings. The van der Waals surface area contributed by atoms with Gasteiger partial charge in [-0.05, 0) is 31.0 Å². The summed E-state index contributed by atoms with van der Waals surface area (Å²) in [5.41, 5.74) is 0. The van der Waals surface area contributed by atoms with Crippen LogP contribution in [0, 0.1) is 0 Å². The molecule has 0 radical (unpaired) electrons. The van der Waals surface area contributed by atoms with E-state index in [0.717, 1.165) is 41.7 Å². The fourth-order valence-electron chi connectivity index (χ4n) is 3.66. The smallest absolute Gasteiger partial charge is 0.254 e. The van der Waals surface area contributed by atoms with Gasteiger partial charge in [-0.15, -0.1) is 0 Å². The molecule has 4 heterocycles. The van der Waals surface area contributed by atoms with E-state index in [2.05, 4.69) is 31.0 Å². The lowest BCUT2D eigenvalue weighted by Gasteiger charge is -2.26. The molecule has 0 amide bonds. The predicted molar refractivity (Wildman–Crippen MR) is 98.4 cm³/mol. The van der Waals surface area contributed by atoms with Crippen LogP contribution in [-0.4, -0.2) is 43.8 Å². The molecular formula is C19H18N6O. The molecule has 0 aliphatic carbocycles. The second kappa shape index (κ2) is 6.25. The largest absolute Gasteiger partial charge is 0.491 e. The maximum absolute atomic E-state index is 6.22. The molecule has 1 saturated heterocycles. The summed E-state index contributed by atoms with van der Waals surface area (Å²) in [7, 11) is 0. The number of nitrogens with zero attached hydrogens (tertiary/aromatic N) is 6. The Balaban J connectivity index is 1.40. The average molecular weight is 346 g/mol. The van der Waals surface area contributed by atoms with E-state index in [0.29, 0.717) is 18.4 Å². The molecule has 1 aromatic carbocycles. The molecule has 1 unspecified atom stereocenters. The van der Waals surface area contributed by atoms with Crippen molar-refractivity contribution in [3.05, 3.63) is 55.2 Å². The summed E-state index contributed by atoms with van der Waals surface area (Å²) < 4.78 is 8.01. The first-order valence-corrected chi connectivity index (χ1v) is 8.77. The summed E-state index contributed by atoms with van der Waals surface area (Å²) in [4.78, 5) is 15.0. The number of rotatable bonds is 4. The lowest BCUT2D eigenvalue weighted by Crippen LogP contribution is -2.35. The third-order valence-corrected chi connectivity index (χ3v) is 4.90. The molecule has 3 aromatic heterocycles. The SMILES string of the molecule is c1cc(OCC2CCCN2c2ccnc3ncnn23)c2ccncc2c1. The van der Waals surface area contributed by atoms with E-state index in [1.54, 1.807) is 16.9 Å². The normalized spacial score (nSPS) is 17.2. The van der Waals surface area contributed by atoms with Crippen molar-refractivity contribution in [2.24, 2.45) is 0 Å². The zero-order chi connectivity index (χ0) is 17.3. The third kappa shape index (κ3) is 2.52. The highest BCUT2D eigenvalue weighted by molar-refractivity contribution is 5.87. The first-order chi connectivity index (χ1) is 12.9. The standard InChI is InChI=1S/C19H18N6O/c1-3-14-11-20-8-6-16(14)17(5-1)26-12-15-4-2-10-24(15)18-7-9-21-19-22-13-23-25(18)19/h1,3,5-9,11,13,15H,2,4,10,12H2. The minimum atomic E-state index is 0.293. The average Bonchev–Trinajstić information content (AvgIpc) is 3.35. The van der Waals surface area contributed by atoms with E-state index < -0.39 is 0 Å². The minimum absolute atomic E-state index is 0.293. The van der Waals surface area contributed by atoms with Gasteiger partial charge in [0.15, 0.2) is 0 Å². The summed E-state index contributed by atoms with van der Waals surface area (Å²) in [5, 5.41) is 6.49. The number of pyridine rings is 1. The molecule has 0 saturated carbocycles. The van der Waals surface area contributed by atoms with Gasteiger partial charge in [0, 0.05) is 35.9 Å². The Labute approximate surface area is 150 Å². The summed E-state index contributed by atoms with van der Waals surface area (Å²) >= 11 is 0. The fraction of sp³-hybridized carbons (Fsp3) is 0.263. The molecule has 5 rings (SSSR count). The van der Waals surface area contributed by atoms with Gasteiger partial charge in [0.1, 0.15) is 24.5 Å². The van der Waals surface area contributed by atoms with E-state index in [1.165, 1.54) is 6.33 Å². The molecule has 0 spiro atoms. The minimum Gasteiger partial charge on any atom is -0.491 e. The van der Waals surface area contributed by atoms with Crippen molar-refractivity contribution in [2.45, 2.75) is 18.9 Å². The maximum atomic E-state index is 6.22. The van der Waals surface area contributed by atoms with Gasteiger partial charge in [0.25, 0.3) is 5.78 Å². The monoisotopic (exact) mass is 346 g/mol. The number of benzene rings is 1. The summed E-state index contributed by atoms with van der Waals surface area (Å²) in [5.74, 6) is 2.54. The Bertz CT molecular complexity index is 1060. The Kier molecular flexibility index (Phi) is 3.62. The maximum Gasteiger partial charge on any atom is 0.254 e. The molecule has 7 heteroatoms. The van der Waals surface area contributed by atoms with Crippen LogP contribution >= 0.6 is 0 Å². The Morgan fingerprint density at radius 3 is 3.12 bits per heavy atom. The van der Waals surface area contributed by atoms with Crippen molar-refractivity contribution < 1.29 is 4.74 Å². The van der Waals surface area contributed by atoms with Gasteiger partial charge in [-0.2, -0.15) is 14.6 Å². The molecule has 130 valence electrons. The van der Waals surface area contributed by atoms with E-state index in [-0.39, 0.29) is 0 Å². The number of anilines is 1. The van der Waals surface area contributed by atoms with Crippen molar-refractivity contribution >= 4 is 22.4 Å². The molecule has 0 N–H and O–H groups in total. The van der Waals surface area contributed by atoms with Crippen LogP contribution in [-0.2, 0) is 0 Å². The van der Waals surface area contributed by atoms with Crippen molar-refractivity contribution in [3.8, 4) is 5.75 Å². The highest BCUT2D eigenvalue weighted by Gasteiger charge is 2.27. The van der Waals surface area contributed by atoms with E-state index >= 15 is 0 Å². The lowest BCUT2D eigenvalue weighted by molar-refractivity contribution is 0.291. The molecule has 7 nitrogen and oxygen atoms in total. The van der Waals surface area contributed by atoms with Crippen LogP contribution < -0.4 is 9.64 Å². The second-order valence-corrected chi connectivity index (χ2v) is 6.43. The third-order valence-electron chi connectivity index (χ3n) is 4.90. The first kappa shape index (κ1) is 15.1. The van der Waals surface area contributed by atoms with Crippen molar-refractivity contribution in [3.63, 3.8) is 0 Å². The number of hydrogen-bond acceptors (Lipinski definition) is 6. The molecule has 1 atom stereocenters. The van der Waals surface area contributed by atoms with Crippen LogP contribution in [0.4, 0.5) is 5.82 Å². The summed E-state index contributed by atoms with van der Waals surface area (Å²) in [6.45, 7) is 1.60. The van der Waals surface area contributed by atoms with Crippen molar-refractivity contribution in [1.82, 2.24) is 24.6 Å². The molecule has 4 aromatic rings. The Morgan fingerprint density at radius 1 is 1.12 bits per heavy atom. The molecule has 1 aliphatic heterocycles. The molecular weight excluding hydrogens is 328 g/mol. The Hall–Kier alpha value is -3.22. The van der Waals surface area contributed by atoms with E-state index in [4.69, 9.17) is 4.74 Å². The predicted octanol–water partition coefficient (Wildman–Crippen LogP) is 2.72. The molecule has 26 heavy (non-hydrogen) atoms. The fourth-order valence-corrected chi connectivity index (χ4v) is 3.66. The van der Waals surface area contributed by atoms with Crippen LogP contribution in [0.5, 0.6) is 5.75 Å². The van der Waals surface area contributed by atoms with Gasteiger partial charge in [-0.3, -0.25) is 4.98 Å². The van der Waals surface area contributed by atoms with Gasteiger partial charge < -0.3 is 9.64 Å². The van der Waals surface area contributed by atoms with Crippen LogP contribution in [0.25, 0.3) is 16.6 Å². The van der Waals surface area contributed by atoms with E-state index in [9.17, 15) is 0 Å². The topological polar surface area (TPSA) is 68.4 Å². The van der Waals surface area contributed by atoms with Gasteiger partial charge in [0.2, 0.25) is 0 Å². The zero-order valence-corrected chi connectivity index (χ0v) is 14.2. The van der Waals surface area contributed by atoms with Gasteiger partial charge in [0.05, 0.1) is 6.04 Å². The summed E-state index contributed by atoms with van der Waals surface area (Å²) in [6, 6.07) is 10.4. The number of fused-ring (bicyclic) bond motifs is 2. The molecule has 1 aliphatic rings. The van der Waals surface area contributed by atoms with E-state index in [1.807, 2.05) is 30.5 Å². The number of hydrogen-bond donors (Lipinski definition) is 0. The van der Waals surface area contributed by atoms with Crippen molar-refractivity contribution in [2.75, 3.05) is 18.1 Å². The quantitative estimate of drug-likeness (QED) is 0.566. The van der Waals surface area contributed by atoms with Gasteiger partial charge in [-0.1, -0.05) is 12.1 Å². The van der Waals surface area contributed by atoms with Gasteiger partial charge >= 0.3 is 0 Å². The lowest BCUT2D eigenvalue weighted by atomic mass is 10.1. The highest BCUT2D eigenvalue weighted by atomic mass is 16.5. The first-order valence-electron chi connectivity index (χ1n) is 8.77. The second-order valence-electron chi connectivity index (χ2n) is 6.43. The van der Waals surface area contributed by atoms with Gasteiger partial charge in [-0.25, -0.2) is 4.98 Å². The highest BCUT2D eigenvalue weighted by Crippen LogP contribution is 2.28. The van der Waals surface area contributed by atoms with Crippen LogP contribution in [0.15, 0.2) is 55.2 Å². The van der Waals surface area contributed by atoms with Crippen LogP contribution in [0.1, 0.15) is 12.8 Å². The Morgan fingerprint density at radius 2 is 2.12 bits per heavy atom. The van der Waals surface area contributed by atoms with Crippen LogP contribution in [0.3, 0.4) is 0 Å². The van der Waals surface area contributed by atoms with Crippen molar-refractivity contribution in [1.29, 1.82) is 0 Å². The zero-order valence-electron chi connectivity index (χ0n) is 14.2. The van der Waals surface area contributed by atoms with Crippen LogP contribution in [0.2, 0.25) is 0 Å². The number of aromatic nitrogens is 5. The number of ether oxygens (including phenoxy) is 1. The molecule has 0 bridgehead atoms.